The number of phenolic OH excluding ortho intramolecular Hbond substituents is 1. The summed E-state index contributed by atoms with van der Waals surface area (Å²) in [6, 6.07) is 13.5. The highest BCUT2D eigenvalue weighted by Gasteiger charge is 2.11. The fourth-order valence-electron chi connectivity index (χ4n) is 1.71. The van der Waals surface area contributed by atoms with E-state index < -0.39 is 5.91 Å². The van der Waals surface area contributed by atoms with Gasteiger partial charge < -0.3 is 10.4 Å². The minimum atomic E-state index is -0.571. The molecule has 2 aromatic rings. The van der Waals surface area contributed by atoms with Crippen LogP contribution in [0.1, 0.15) is 11.3 Å². The monoisotopic (exact) mass is 279 g/mol. The minimum absolute atomic E-state index is 0.00623. The van der Waals surface area contributed by atoms with Crippen LogP contribution in [-0.4, -0.2) is 16.0 Å². The lowest BCUT2D eigenvalue weighted by Crippen LogP contribution is -2.14. The van der Waals surface area contributed by atoms with Gasteiger partial charge in [0.25, 0.3) is 5.91 Å². The predicted octanol–water partition coefficient (Wildman–Crippen LogP) is 2.64. The second-order valence-corrected chi connectivity index (χ2v) is 4.35. The van der Waals surface area contributed by atoms with Crippen LogP contribution in [0.25, 0.3) is 6.08 Å². The van der Waals surface area contributed by atoms with E-state index in [9.17, 15) is 9.90 Å². The zero-order valence-electron chi connectivity index (χ0n) is 11.4. The number of nitrogens with zero attached hydrogens (tertiary/aromatic N) is 2. The van der Waals surface area contributed by atoms with Crippen LogP contribution in [0.3, 0.4) is 0 Å². The SMILES string of the molecule is Cc1cccc(NC(=O)C(C#N)=Cc2ccccc2O)n1. The average molecular weight is 279 g/mol. The van der Waals surface area contributed by atoms with Crippen LogP contribution in [0.5, 0.6) is 5.75 Å². The maximum absolute atomic E-state index is 12.0. The molecule has 5 nitrogen and oxygen atoms in total. The Balaban J connectivity index is 2.24. The van der Waals surface area contributed by atoms with E-state index in [0.29, 0.717) is 11.4 Å². The number of carbonyl (C=O) groups is 1. The lowest BCUT2D eigenvalue weighted by atomic mass is 10.1. The van der Waals surface area contributed by atoms with E-state index in [1.807, 2.05) is 6.07 Å². The number of aryl methyl sites for hydroxylation is 1. The number of carbonyl (C=O) groups excluding carboxylic acids is 1. The molecule has 0 spiro atoms. The van der Waals surface area contributed by atoms with Gasteiger partial charge in [-0.05, 0) is 31.2 Å². The van der Waals surface area contributed by atoms with Crippen LogP contribution >= 0.6 is 0 Å². The third-order valence-electron chi connectivity index (χ3n) is 2.73. The van der Waals surface area contributed by atoms with Crippen molar-refractivity contribution < 1.29 is 9.90 Å². The molecule has 1 amide bonds. The molecular formula is C16H13N3O2. The van der Waals surface area contributed by atoms with Crippen molar-refractivity contribution in [2.45, 2.75) is 6.92 Å². The van der Waals surface area contributed by atoms with Gasteiger partial charge in [0.05, 0.1) is 0 Å². The van der Waals surface area contributed by atoms with Gasteiger partial charge in [0.1, 0.15) is 23.2 Å². The lowest BCUT2D eigenvalue weighted by Gasteiger charge is -2.04. The Morgan fingerprint density at radius 2 is 2.05 bits per heavy atom. The molecule has 21 heavy (non-hydrogen) atoms. The Morgan fingerprint density at radius 3 is 2.71 bits per heavy atom. The second-order valence-electron chi connectivity index (χ2n) is 4.35. The number of benzene rings is 1. The number of nitriles is 1. The summed E-state index contributed by atoms with van der Waals surface area (Å²) in [5.41, 5.74) is 1.05. The Hall–Kier alpha value is -3.13. The summed E-state index contributed by atoms with van der Waals surface area (Å²) in [6.07, 6.45) is 1.33. The molecule has 5 heteroatoms. The molecular weight excluding hydrogens is 266 g/mol. The van der Waals surface area contributed by atoms with Crippen molar-refractivity contribution in [2.75, 3.05) is 5.32 Å². The molecule has 0 saturated carbocycles. The first-order valence-corrected chi connectivity index (χ1v) is 6.25. The normalized spacial score (nSPS) is 10.8. The number of phenols is 1. The maximum atomic E-state index is 12.0. The van der Waals surface area contributed by atoms with Crippen LogP contribution < -0.4 is 5.32 Å². The van der Waals surface area contributed by atoms with E-state index in [-0.39, 0.29) is 11.3 Å². The van der Waals surface area contributed by atoms with E-state index in [1.165, 1.54) is 12.1 Å². The summed E-state index contributed by atoms with van der Waals surface area (Å²) in [7, 11) is 0. The summed E-state index contributed by atoms with van der Waals surface area (Å²) in [4.78, 5) is 16.2. The van der Waals surface area contributed by atoms with Gasteiger partial charge >= 0.3 is 0 Å². The third kappa shape index (κ3) is 3.67. The lowest BCUT2D eigenvalue weighted by molar-refractivity contribution is -0.112. The molecule has 1 aromatic carbocycles. The molecule has 104 valence electrons. The summed E-state index contributed by atoms with van der Waals surface area (Å²) in [5, 5.41) is 21.3. The fourth-order valence-corrected chi connectivity index (χ4v) is 1.71. The van der Waals surface area contributed by atoms with Gasteiger partial charge in [-0.15, -0.1) is 0 Å². The van der Waals surface area contributed by atoms with E-state index in [2.05, 4.69) is 10.3 Å². The van der Waals surface area contributed by atoms with Crippen molar-refractivity contribution in [2.24, 2.45) is 0 Å². The van der Waals surface area contributed by atoms with Crippen LogP contribution in [-0.2, 0) is 4.79 Å². The largest absolute Gasteiger partial charge is 0.507 e. The van der Waals surface area contributed by atoms with Crippen molar-refractivity contribution in [3.63, 3.8) is 0 Å². The molecule has 0 fully saturated rings. The Labute approximate surface area is 122 Å². The molecule has 2 rings (SSSR count). The zero-order valence-corrected chi connectivity index (χ0v) is 11.4. The standard InChI is InChI=1S/C16H13N3O2/c1-11-5-4-8-15(18-11)19-16(21)13(10-17)9-12-6-2-3-7-14(12)20/h2-9,20H,1H3,(H,18,19,21). The van der Waals surface area contributed by atoms with Crippen LogP contribution in [0.15, 0.2) is 48.0 Å². The summed E-state index contributed by atoms with van der Waals surface area (Å²) < 4.78 is 0. The number of pyridine rings is 1. The molecule has 2 N–H and O–H groups in total. The number of hydrogen-bond donors (Lipinski definition) is 2. The molecule has 1 aromatic heterocycles. The van der Waals surface area contributed by atoms with E-state index in [0.717, 1.165) is 5.69 Å². The number of hydrogen-bond acceptors (Lipinski definition) is 4. The van der Waals surface area contributed by atoms with Gasteiger partial charge in [-0.1, -0.05) is 24.3 Å². The number of rotatable bonds is 3. The van der Waals surface area contributed by atoms with Gasteiger partial charge in [-0.3, -0.25) is 4.79 Å². The molecule has 0 radical (unpaired) electrons. The number of para-hydroxylation sites is 1. The number of amides is 1. The maximum Gasteiger partial charge on any atom is 0.267 e. The molecule has 1 heterocycles. The molecule has 0 bridgehead atoms. The smallest absolute Gasteiger partial charge is 0.267 e. The van der Waals surface area contributed by atoms with Crippen molar-refractivity contribution in [1.82, 2.24) is 4.98 Å². The van der Waals surface area contributed by atoms with Crippen molar-refractivity contribution in [3.8, 4) is 11.8 Å². The highest BCUT2D eigenvalue weighted by atomic mass is 16.3. The summed E-state index contributed by atoms with van der Waals surface area (Å²) >= 11 is 0. The second kappa shape index (κ2) is 6.35. The Bertz CT molecular complexity index is 745. The number of nitrogens with one attached hydrogen (secondary N) is 1. The zero-order chi connectivity index (χ0) is 15.2. The van der Waals surface area contributed by atoms with E-state index >= 15 is 0 Å². The predicted molar refractivity (Wildman–Crippen MR) is 79.3 cm³/mol. The molecule has 0 saturated heterocycles. The van der Waals surface area contributed by atoms with Crippen LogP contribution in [0.4, 0.5) is 5.82 Å². The number of aromatic nitrogens is 1. The quantitative estimate of drug-likeness (QED) is 0.668. The first-order valence-electron chi connectivity index (χ1n) is 6.25. The van der Waals surface area contributed by atoms with Gasteiger partial charge in [0, 0.05) is 11.3 Å². The third-order valence-corrected chi connectivity index (χ3v) is 2.73. The highest BCUT2D eigenvalue weighted by molar-refractivity contribution is 6.09. The van der Waals surface area contributed by atoms with Gasteiger partial charge in [-0.25, -0.2) is 4.98 Å². The summed E-state index contributed by atoms with van der Waals surface area (Å²) in [5.74, 6) is -0.191. The number of aromatic hydroxyl groups is 1. The van der Waals surface area contributed by atoms with Crippen molar-refractivity contribution >= 4 is 17.8 Å². The molecule has 0 aliphatic heterocycles. The summed E-state index contributed by atoms with van der Waals surface area (Å²) in [6.45, 7) is 1.80. The number of anilines is 1. The first-order chi connectivity index (χ1) is 10.1. The van der Waals surface area contributed by atoms with Gasteiger partial charge in [-0.2, -0.15) is 5.26 Å². The van der Waals surface area contributed by atoms with Crippen molar-refractivity contribution in [3.05, 3.63) is 59.3 Å². The van der Waals surface area contributed by atoms with Gasteiger partial charge in [0.2, 0.25) is 0 Å². The topological polar surface area (TPSA) is 86.0 Å². The Kier molecular flexibility index (Phi) is 4.32. The minimum Gasteiger partial charge on any atom is -0.507 e. The first kappa shape index (κ1) is 14.3. The van der Waals surface area contributed by atoms with Crippen LogP contribution in [0.2, 0.25) is 0 Å². The Morgan fingerprint density at radius 1 is 1.29 bits per heavy atom. The van der Waals surface area contributed by atoms with Gasteiger partial charge in [0.15, 0.2) is 0 Å². The molecule has 0 atom stereocenters. The van der Waals surface area contributed by atoms with Crippen molar-refractivity contribution in [1.29, 1.82) is 5.26 Å². The molecule has 0 aliphatic rings. The average Bonchev–Trinajstić information content (AvgIpc) is 2.46. The molecule has 0 unspecified atom stereocenters. The fraction of sp³-hybridized carbons (Fsp3) is 0.0625. The van der Waals surface area contributed by atoms with E-state index in [4.69, 9.17) is 5.26 Å². The highest BCUT2D eigenvalue weighted by Crippen LogP contribution is 2.19. The molecule has 0 aliphatic carbocycles. The van der Waals surface area contributed by atoms with Crippen LogP contribution in [0, 0.1) is 18.3 Å². The van der Waals surface area contributed by atoms with E-state index in [1.54, 1.807) is 43.3 Å².